The first-order chi connectivity index (χ1) is 13.7. The third-order valence-corrected chi connectivity index (χ3v) is 6.06. The maximum Gasteiger partial charge on any atom is 0.317 e. The fourth-order valence-electron chi connectivity index (χ4n) is 4.45. The molecule has 6 heteroatoms. The number of carbonyl (C=O) groups excluding carboxylic acids is 1. The van der Waals surface area contributed by atoms with Crippen molar-refractivity contribution in [3.05, 3.63) is 35.7 Å². The maximum absolute atomic E-state index is 12.7. The summed E-state index contributed by atoms with van der Waals surface area (Å²) in [7, 11) is 0. The van der Waals surface area contributed by atoms with Gasteiger partial charge in [0.2, 0.25) is 11.7 Å². The Bertz CT molecular complexity index is 797. The Morgan fingerprint density at radius 1 is 1.18 bits per heavy atom. The summed E-state index contributed by atoms with van der Waals surface area (Å²) in [6.07, 6.45) is 8.84. The summed E-state index contributed by atoms with van der Waals surface area (Å²) in [5.41, 5.74) is 2.15. The zero-order valence-corrected chi connectivity index (χ0v) is 16.7. The van der Waals surface area contributed by atoms with Crippen LogP contribution >= 0.6 is 0 Å². The van der Waals surface area contributed by atoms with E-state index in [-0.39, 0.29) is 6.03 Å². The smallest absolute Gasteiger partial charge is 0.317 e. The number of aromatic nitrogens is 2. The summed E-state index contributed by atoms with van der Waals surface area (Å²) in [4.78, 5) is 19.2. The largest absolute Gasteiger partial charge is 0.339 e. The predicted molar refractivity (Wildman–Crippen MR) is 108 cm³/mol. The number of benzene rings is 1. The van der Waals surface area contributed by atoms with E-state index in [0.29, 0.717) is 23.7 Å². The SMILES string of the molecule is Cc1ccccc1-c1noc(CC2CCCN(C(=O)NC3CCCCC3)C2)n1. The van der Waals surface area contributed by atoms with Crippen molar-refractivity contribution in [2.45, 2.75) is 64.3 Å². The molecule has 1 aromatic heterocycles. The standard InChI is InChI=1S/C22H30N4O2/c1-16-8-5-6-12-19(16)21-24-20(28-25-21)14-17-9-7-13-26(15-17)22(27)23-18-10-3-2-4-11-18/h5-6,8,12,17-18H,2-4,7,9-11,13-15H2,1H3,(H,23,27). The van der Waals surface area contributed by atoms with Crippen LogP contribution in [0.1, 0.15) is 56.4 Å². The first kappa shape index (κ1) is 19.0. The van der Waals surface area contributed by atoms with Gasteiger partial charge in [-0.25, -0.2) is 4.79 Å². The van der Waals surface area contributed by atoms with Gasteiger partial charge in [-0.05, 0) is 44.1 Å². The van der Waals surface area contributed by atoms with E-state index in [4.69, 9.17) is 4.52 Å². The van der Waals surface area contributed by atoms with E-state index in [1.165, 1.54) is 19.3 Å². The second-order valence-electron chi connectivity index (χ2n) is 8.27. The molecule has 2 heterocycles. The Morgan fingerprint density at radius 3 is 2.82 bits per heavy atom. The molecule has 0 bridgehead atoms. The summed E-state index contributed by atoms with van der Waals surface area (Å²) in [5.74, 6) is 1.68. The molecule has 1 aliphatic heterocycles. The molecular weight excluding hydrogens is 352 g/mol. The van der Waals surface area contributed by atoms with Crippen molar-refractivity contribution in [3.8, 4) is 11.4 Å². The minimum atomic E-state index is 0.0997. The van der Waals surface area contributed by atoms with Gasteiger partial charge in [-0.3, -0.25) is 0 Å². The Kier molecular flexibility index (Phi) is 5.93. The van der Waals surface area contributed by atoms with Gasteiger partial charge < -0.3 is 14.7 Å². The highest BCUT2D eigenvalue weighted by molar-refractivity contribution is 5.74. The number of hydrogen-bond donors (Lipinski definition) is 1. The van der Waals surface area contributed by atoms with Crippen molar-refractivity contribution in [2.24, 2.45) is 5.92 Å². The number of hydrogen-bond acceptors (Lipinski definition) is 4. The number of amides is 2. The van der Waals surface area contributed by atoms with Gasteiger partial charge in [-0.15, -0.1) is 0 Å². The molecule has 2 aromatic rings. The van der Waals surface area contributed by atoms with Gasteiger partial charge in [0.1, 0.15) is 0 Å². The molecule has 2 aliphatic rings. The predicted octanol–water partition coefficient (Wildman–Crippen LogP) is 4.34. The Balaban J connectivity index is 1.34. The van der Waals surface area contributed by atoms with E-state index < -0.39 is 0 Å². The summed E-state index contributed by atoms with van der Waals surface area (Å²) < 4.78 is 5.51. The van der Waals surface area contributed by atoms with Crippen molar-refractivity contribution in [3.63, 3.8) is 0 Å². The van der Waals surface area contributed by atoms with Crippen LogP contribution in [0.15, 0.2) is 28.8 Å². The van der Waals surface area contributed by atoms with Crippen LogP contribution in [0.5, 0.6) is 0 Å². The fraction of sp³-hybridized carbons (Fsp3) is 0.591. The summed E-state index contributed by atoms with van der Waals surface area (Å²) in [6, 6.07) is 8.52. The Hall–Kier alpha value is -2.37. The lowest BCUT2D eigenvalue weighted by Crippen LogP contribution is -2.49. The number of aryl methyl sites for hydroxylation is 1. The van der Waals surface area contributed by atoms with E-state index in [9.17, 15) is 4.79 Å². The highest BCUT2D eigenvalue weighted by Crippen LogP contribution is 2.24. The third-order valence-electron chi connectivity index (χ3n) is 6.06. The number of piperidine rings is 1. The average Bonchev–Trinajstić information content (AvgIpc) is 3.17. The molecule has 1 saturated carbocycles. The van der Waals surface area contributed by atoms with Crippen molar-refractivity contribution in [1.82, 2.24) is 20.4 Å². The first-order valence-corrected chi connectivity index (χ1v) is 10.6. The lowest BCUT2D eigenvalue weighted by molar-refractivity contribution is 0.156. The molecule has 1 aromatic carbocycles. The molecule has 2 amide bonds. The van der Waals surface area contributed by atoms with E-state index in [1.54, 1.807) is 0 Å². The second kappa shape index (κ2) is 8.76. The molecular formula is C22H30N4O2. The lowest BCUT2D eigenvalue weighted by atomic mass is 9.94. The van der Waals surface area contributed by atoms with Crippen LogP contribution in [-0.2, 0) is 6.42 Å². The average molecular weight is 383 g/mol. The van der Waals surface area contributed by atoms with Crippen LogP contribution in [0.25, 0.3) is 11.4 Å². The van der Waals surface area contributed by atoms with Crippen molar-refractivity contribution in [1.29, 1.82) is 0 Å². The number of carbonyl (C=O) groups is 1. The minimum absolute atomic E-state index is 0.0997. The highest BCUT2D eigenvalue weighted by atomic mass is 16.5. The van der Waals surface area contributed by atoms with Crippen LogP contribution in [-0.4, -0.2) is 40.2 Å². The maximum atomic E-state index is 12.7. The van der Waals surface area contributed by atoms with Crippen molar-refractivity contribution in [2.75, 3.05) is 13.1 Å². The number of rotatable bonds is 4. The van der Waals surface area contributed by atoms with Gasteiger partial charge >= 0.3 is 6.03 Å². The molecule has 2 fully saturated rings. The molecule has 1 unspecified atom stereocenters. The molecule has 1 saturated heterocycles. The monoisotopic (exact) mass is 382 g/mol. The molecule has 1 atom stereocenters. The van der Waals surface area contributed by atoms with Gasteiger partial charge in [0.15, 0.2) is 0 Å². The third kappa shape index (κ3) is 4.54. The van der Waals surface area contributed by atoms with Gasteiger partial charge in [0, 0.05) is 31.1 Å². The van der Waals surface area contributed by atoms with Crippen LogP contribution < -0.4 is 5.32 Å². The fourth-order valence-corrected chi connectivity index (χ4v) is 4.45. The summed E-state index contributed by atoms with van der Waals surface area (Å²) >= 11 is 0. The number of nitrogens with one attached hydrogen (secondary N) is 1. The van der Waals surface area contributed by atoms with Gasteiger partial charge in [0.25, 0.3) is 0 Å². The number of urea groups is 1. The summed E-state index contributed by atoms with van der Waals surface area (Å²) in [5, 5.41) is 7.41. The molecule has 0 radical (unpaired) electrons. The molecule has 1 N–H and O–H groups in total. The zero-order chi connectivity index (χ0) is 19.3. The molecule has 4 rings (SSSR count). The van der Waals surface area contributed by atoms with Crippen LogP contribution in [0, 0.1) is 12.8 Å². The first-order valence-electron chi connectivity index (χ1n) is 10.6. The molecule has 6 nitrogen and oxygen atoms in total. The van der Waals surface area contributed by atoms with Gasteiger partial charge in [0.05, 0.1) is 0 Å². The quantitative estimate of drug-likeness (QED) is 0.854. The molecule has 28 heavy (non-hydrogen) atoms. The topological polar surface area (TPSA) is 71.3 Å². The Labute approximate surface area is 166 Å². The molecule has 0 spiro atoms. The second-order valence-corrected chi connectivity index (χ2v) is 8.27. The number of likely N-dealkylation sites (tertiary alicyclic amines) is 1. The minimum Gasteiger partial charge on any atom is -0.339 e. The van der Waals surface area contributed by atoms with Crippen molar-refractivity contribution >= 4 is 6.03 Å². The van der Waals surface area contributed by atoms with E-state index in [1.807, 2.05) is 23.1 Å². The van der Waals surface area contributed by atoms with Gasteiger partial charge in [-0.2, -0.15) is 4.98 Å². The van der Waals surface area contributed by atoms with E-state index in [0.717, 1.165) is 56.3 Å². The zero-order valence-electron chi connectivity index (χ0n) is 16.7. The van der Waals surface area contributed by atoms with Crippen LogP contribution in [0.4, 0.5) is 4.79 Å². The van der Waals surface area contributed by atoms with Crippen LogP contribution in [0.2, 0.25) is 0 Å². The van der Waals surface area contributed by atoms with E-state index in [2.05, 4.69) is 28.4 Å². The summed E-state index contributed by atoms with van der Waals surface area (Å²) in [6.45, 7) is 3.66. The van der Waals surface area contributed by atoms with Crippen molar-refractivity contribution < 1.29 is 9.32 Å². The van der Waals surface area contributed by atoms with Crippen LogP contribution in [0.3, 0.4) is 0 Å². The van der Waals surface area contributed by atoms with Gasteiger partial charge in [-0.1, -0.05) is 48.7 Å². The molecule has 1 aliphatic carbocycles. The molecule has 150 valence electrons. The normalized spacial score (nSPS) is 20.9. The highest BCUT2D eigenvalue weighted by Gasteiger charge is 2.27. The number of nitrogens with zero attached hydrogens (tertiary/aromatic N) is 3. The van der Waals surface area contributed by atoms with E-state index >= 15 is 0 Å². The Morgan fingerprint density at radius 2 is 2.00 bits per heavy atom. The lowest BCUT2D eigenvalue weighted by Gasteiger charge is -2.34.